The van der Waals surface area contributed by atoms with E-state index in [9.17, 15) is 14.7 Å². The normalized spacial score (nSPS) is 25.1. The number of carbonyl (C=O) groups is 2. The summed E-state index contributed by atoms with van der Waals surface area (Å²) in [7, 11) is -4.64. The Morgan fingerprint density at radius 2 is 1.77 bits per heavy atom. The summed E-state index contributed by atoms with van der Waals surface area (Å²) in [6, 6.07) is 0. The van der Waals surface area contributed by atoms with Crippen LogP contribution in [-0.2, 0) is 18.9 Å². The Morgan fingerprint density at radius 3 is 2.05 bits per heavy atom. The highest BCUT2D eigenvalue weighted by Gasteiger charge is 2.49. The van der Waals surface area contributed by atoms with Gasteiger partial charge in [-0.15, -0.1) is 0 Å². The Hall–Kier alpha value is -0.990. The lowest BCUT2D eigenvalue weighted by Gasteiger charge is -2.29. The molecule has 1 aliphatic rings. The second-order valence-electron chi connectivity index (χ2n) is 6.27. The van der Waals surface area contributed by atoms with Crippen molar-refractivity contribution in [1.82, 2.24) is 5.32 Å². The van der Waals surface area contributed by atoms with Crippen molar-refractivity contribution in [3.05, 3.63) is 0 Å². The molecule has 1 fully saturated rings. The van der Waals surface area contributed by atoms with Crippen molar-refractivity contribution in [2.75, 3.05) is 13.1 Å². The lowest BCUT2D eigenvalue weighted by atomic mass is 9.76. The number of nitrogens with one attached hydrogen (secondary N) is 1. The fourth-order valence-electron chi connectivity index (χ4n) is 2.12. The largest absolute Gasteiger partial charge is 0.481 e. The van der Waals surface area contributed by atoms with Crippen molar-refractivity contribution in [2.24, 2.45) is 11.3 Å². The average Bonchev–Trinajstić information content (AvgIpc) is 2.55. The molecule has 130 valence electrons. The number of rotatable bonds is 3. The number of hydrogen-bond acceptors (Lipinski definition) is 5. The van der Waals surface area contributed by atoms with Gasteiger partial charge in [0.25, 0.3) is 0 Å². The second kappa shape index (κ2) is 7.52. The maximum atomic E-state index is 11.8. The first-order valence-electron chi connectivity index (χ1n) is 6.61. The summed E-state index contributed by atoms with van der Waals surface area (Å²) >= 11 is 0. The maximum Gasteiger partial charge on any atom is 0.466 e. The van der Waals surface area contributed by atoms with Gasteiger partial charge in [0.2, 0.25) is 0 Å². The minimum absolute atomic E-state index is 0.0756. The fraction of sp³-hybridized carbons (Fsp3) is 0.833. The van der Waals surface area contributed by atoms with Gasteiger partial charge in [-0.1, -0.05) is 6.92 Å². The maximum absolute atomic E-state index is 11.8. The van der Waals surface area contributed by atoms with Gasteiger partial charge in [0.05, 0.1) is 11.8 Å². The molecule has 0 spiro atoms. The van der Waals surface area contributed by atoms with Crippen LogP contribution in [0.1, 0.15) is 34.1 Å². The molecule has 0 aliphatic carbocycles. The van der Waals surface area contributed by atoms with Gasteiger partial charge in [0.1, 0.15) is 5.60 Å². The summed E-state index contributed by atoms with van der Waals surface area (Å²) in [5.74, 6) is -1.45. The first-order valence-corrected chi connectivity index (χ1v) is 8.18. The van der Waals surface area contributed by atoms with E-state index in [0.717, 1.165) is 0 Å². The number of carbonyl (C=O) groups excluding carboxylic acids is 1. The third-order valence-corrected chi connectivity index (χ3v) is 3.14. The van der Waals surface area contributed by atoms with E-state index >= 15 is 0 Å². The highest BCUT2D eigenvalue weighted by molar-refractivity contribution is 7.45. The zero-order chi connectivity index (χ0) is 17.8. The molecule has 0 bridgehead atoms. The molecular weight excluding hydrogens is 317 g/mol. The molecule has 0 saturated carbocycles. The van der Waals surface area contributed by atoms with Crippen LogP contribution in [0.4, 0.5) is 0 Å². The molecule has 1 heterocycles. The first-order chi connectivity index (χ1) is 9.67. The fourth-order valence-corrected chi connectivity index (χ4v) is 2.12. The van der Waals surface area contributed by atoms with Crippen molar-refractivity contribution in [3.63, 3.8) is 0 Å². The summed E-state index contributed by atoms with van der Waals surface area (Å²) in [6.07, 6.45) is -0.0756. The molecule has 1 saturated heterocycles. The van der Waals surface area contributed by atoms with Crippen molar-refractivity contribution < 1.29 is 38.7 Å². The van der Waals surface area contributed by atoms with Crippen LogP contribution in [0.15, 0.2) is 0 Å². The van der Waals surface area contributed by atoms with Gasteiger partial charge in [-0.25, -0.2) is 4.57 Å². The van der Waals surface area contributed by atoms with Crippen molar-refractivity contribution in [1.29, 1.82) is 0 Å². The van der Waals surface area contributed by atoms with Crippen molar-refractivity contribution in [3.8, 4) is 0 Å². The Morgan fingerprint density at radius 1 is 1.32 bits per heavy atom. The Kier molecular flexibility index (Phi) is 7.18. The number of aliphatic carboxylic acids is 1. The molecule has 0 amide bonds. The predicted molar refractivity (Wildman–Crippen MR) is 76.8 cm³/mol. The number of phosphoric acid groups is 1. The number of carboxylic acids is 1. The van der Waals surface area contributed by atoms with Crippen LogP contribution in [0.5, 0.6) is 0 Å². The van der Waals surface area contributed by atoms with E-state index in [1.807, 2.05) is 6.92 Å². The van der Waals surface area contributed by atoms with Gasteiger partial charge in [0.15, 0.2) is 0 Å². The third-order valence-electron chi connectivity index (χ3n) is 3.14. The molecule has 22 heavy (non-hydrogen) atoms. The number of ether oxygens (including phenoxy) is 1. The zero-order valence-electron chi connectivity index (χ0n) is 13.1. The van der Waals surface area contributed by atoms with Crippen LogP contribution < -0.4 is 5.32 Å². The zero-order valence-corrected chi connectivity index (χ0v) is 14.0. The highest BCUT2D eigenvalue weighted by Crippen LogP contribution is 2.36. The summed E-state index contributed by atoms with van der Waals surface area (Å²) in [5, 5.41) is 12.4. The predicted octanol–water partition coefficient (Wildman–Crippen LogP) is 0.0999. The lowest BCUT2D eigenvalue weighted by molar-refractivity contribution is -0.165. The minimum atomic E-state index is -4.64. The topological polar surface area (TPSA) is 153 Å². The van der Waals surface area contributed by atoms with Crippen LogP contribution >= 0.6 is 7.82 Å². The van der Waals surface area contributed by atoms with E-state index in [0.29, 0.717) is 13.1 Å². The highest BCUT2D eigenvalue weighted by atomic mass is 31.2. The summed E-state index contributed by atoms with van der Waals surface area (Å²) in [6.45, 7) is 8.11. The molecule has 1 rings (SSSR count). The van der Waals surface area contributed by atoms with E-state index < -0.39 is 30.8 Å². The molecule has 0 aromatic carbocycles. The number of esters is 1. The molecule has 1 aliphatic heterocycles. The van der Waals surface area contributed by atoms with Crippen LogP contribution in [0, 0.1) is 11.3 Å². The van der Waals surface area contributed by atoms with E-state index in [1.54, 1.807) is 20.8 Å². The van der Waals surface area contributed by atoms with Crippen molar-refractivity contribution >= 4 is 19.8 Å². The Labute approximate surface area is 128 Å². The van der Waals surface area contributed by atoms with Gasteiger partial charge in [0, 0.05) is 6.54 Å². The Balaban J connectivity index is 0.000000763. The van der Waals surface area contributed by atoms with E-state index in [-0.39, 0.29) is 12.3 Å². The lowest BCUT2D eigenvalue weighted by Crippen LogP contribution is -2.41. The molecule has 9 nitrogen and oxygen atoms in total. The first kappa shape index (κ1) is 21.0. The van der Waals surface area contributed by atoms with Gasteiger partial charge in [-0.3, -0.25) is 9.59 Å². The SMILES string of the molecule is C[C@H]1CNC[C@@]1(CC(=O)OC(C)(C)C)C(=O)O.O=P(O)(O)O. The van der Waals surface area contributed by atoms with E-state index in [4.69, 9.17) is 24.0 Å². The second-order valence-corrected chi connectivity index (χ2v) is 7.30. The summed E-state index contributed by atoms with van der Waals surface area (Å²) < 4.78 is 14.1. The smallest absolute Gasteiger partial charge is 0.466 e. The monoisotopic (exact) mass is 341 g/mol. The summed E-state index contributed by atoms with van der Waals surface area (Å²) in [5.41, 5.74) is -1.60. The molecule has 0 aromatic rings. The van der Waals surface area contributed by atoms with Gasteiger partial charge < -0.3 is 29.8 Å². The standard InChI is InChI=1S/C12H21NO4.H3O4P/c1-8-6-13-7-12(8,10(15)16)5-9(14)17-11(2,3)4;1-5(2,3)4/h8,13H,5-7H2,1-4H3,(H,15,16);(H3,1,2,3,4)/t8-,12+;/m0./s1. The van der Waals surface area contributed by atoms with Crippen LogP contribution in [0.2, 0.25) is 0 Å². The average molecular weight is 341 g/mol. The molecule has 2 atom stereocenters. The van der Waals surface area contributed by atoms with Gasteiger partial charge in [-0.2, -0.15) is 0 Å². The quantitative estimate of drug-likeness (QED) is 0.355. The molecule has 0 aromatic heterocycles. The number of carboxylic acid groups (broad SMARTS) is 1. The molecule has 10 heteroatoms. The molecule has 0 radical (unpaired) electrons. The van der Waals surface area contributed by atoms with E-state index in [2.05, 4.69) is 5.32 Å². The minimum Gasteiger partial charge on any atom is -0.481 e. The summed E-state index contributed by atoms with van der Waals surface area (Å²) in [4.78, 5) is 44.7. The van der Waals surface area contributed by atoms with Crippen LogP contribution in [0.3, 0.4) is 0 Å². The molecule has 5 N–H and O–H groups in total. The third kappa shape index (κ3) is 7.86. The van der Waals surface area contributed by atoms with Crippen molar-refractivity contribution in [2.45, 2.75) is 39.7 Å². The van der Waals surface area contributed by atoms with Crippen LogP contribution in [0.25, 0.3) is 0 Å². The van der Waals surface area contributed by atoms with Crippen LogP contribution in [-0.4, -0.2) is 50.4 Å². The molecular formula is C12H24NO8P. The van der Waals surface area contributed by atoms with Gasteiger partial charge >= 0.3 is 19.8 Å². The molecule has 0 unspecified atom stereocenters. The van der Waals surface area contributed by atoms with Gasteiger partial charge in [-0.05, 0) is 33.2 Å². The number of hydrogen-bond donors (Lipinski definition) is 5. The Bertz CT molecular complexity index is 446. The van der Waals surface area contributed by atoms with E-state index in [1.165, 1.54) is 0 Å².